The summed E-state index contributed by atoms with van der Waals surface area (Å²) in [5.74, 6) is 0.163. The molecule has 6 heteroatoms. The first kappa shape index (κ1) is 18.1. The van der Waals surface area contributed by atoms with Crippen LogP contribution in [0.5, 0.6) is 0 Å². The van der Waals surface area contributed by atoms with Gasteiger partial charge in [-0.1, -0.05) is 24.3 Å². The van der Waals surface area contributed by atoms with Crippen LogP contribution in [0.3, 0.4) is 0 Å². The number of nitrogens with zero attached hydrogens (tertiary/aromatic N) is 1. The first-order valence-corrected chi connectivity index (χ1v) is 8.38. The lowest BCUT2D eigenvalue weighted by Crippen LogP contribution is -2.09. The number of carbonyl (C=O) groups excluding carboxylic acids is 1. The van der Waals surface area contributed by atoms with Gasteiger partial charge in [0.05, 0.1) is 11.4 Å². The molecule has 1 aromatic heterocycles. The summed E-state index contributed by atoms with van der Waals surface area (Å²) in [6.45, 7) is 0.545. The van der Waals surface area contributed by atoms with Crippen molar-refractivity contribution in [2.75, 3.05) is 16.4 Å². The van der Waals surface area contributed by atoms with Crippen LogP contribution in [0.1, 0.15) is 11.1 Å². The molecule has 0 radical (unpaired) electrons. The molecule has 0 aliphatic carbocycles. The number of nitrogens with two attached hydrogens (primary N) is 1. The maximum absolute atomic E-state index is 12.9. The van der Waals surface area contributed by atoms with Crippen molar-refractivity contribution in [3.05, 3.63) is 89.9 Å². The van der Waals surface area contributed by atoms with Crippen LogP contribution in [0.15, 0.2) is 72.9 Å². The van der Waals surface area contributed by atoms with Crippen LogP contribution in [0.2, 0.25) is 0 Å². The molecular formula is C21H19FN4O. The summed E-state index contributed by atoms with van der Waals surface area (Å²) in [5, 5.41) is 5.88. The molecule has 0 saturated carbocycles. The highest BCUT2D eigenvalue weighted by Crippen LogP contribution is 2.16. The third-order valence-corrected chi connectivity index (χ3v) is 3.82. The summed E-state index contributed by atoms with van der Waals surface area (Å²) in [6.07, 6.45) is 4.76. The van der Waals surface area contributed by atoms with E-state index in [1.807, 2.05) is 12.1 Å². The first-order chi connectivity index (χ1) is 13.1. The van der Waals surface area contributed by atoms with Crippen molar-refractivity contribution in [3.8, 4) is 0 Å². The number of para-hydroxylation sites is 2. The van der Waals surface area contributed by atoms with Crippen molar-refractivity contribution in [2.45, 2.75) is 6.54 Å². The fourth-order valence-electron chi connectivity index (χ4n) is 2.36. The van der Waals surface area contributed by atoms with Gasteiger partial charge in [-0.2, -0.15) is 0 Å². The van der Waals surface area contributed by atoms with E-state index in [4.69, 9.17) is 5.73 Å². The molecule has 2 aromatic carbocycles. The molecule has 0 aliphatic rings. The number of halogens is 1. The van der Waals surface area contributed by atoms with E-state index in [9.17, 15) is 9.18 Å². The van der Waals surface area contributed by atoms with Crippen LogP contribution < -0.4 is 16.4 Å². The Kier molecular flexibility index (Phi) is 5.79. The Morgan fingerprint density at radius 3 is 2.56 bits per heavy atom. The van der Waals surface area contributed by atoms with Crippen LogP contribution in [0, 0.1) is 5.82 Å². The van der Waals surface area contributed by atoms with E-state index in [1.54, 1.807) is 48.7 Å². The second-order valence-electron chi connectivity index (χ2n) is 5.87. The lowest BCUT2D eigenvalue weighted by Gasteiger charge is -2.06. The summed E-state index contributed by atoms with van der Waals surface area (Å²) in [6, 6.07) is 17.0. The van der Waals surface area contributed by atoms with E-state index in [2.05, 4.69) is 15.6 Å². The minimum absolute atomic E-state index is 0.257. The van der Waals surface area contributed by atoms with Gasteiger partial charge in [-0.25, -0.2) is 9.37 Å². The van der Waals surface area contributed by atoms with Gasteiger partial charge in [0.2, 0.25) is 5.91 Å². The zero-order valence-corrected chi connectivity index (χ0v) is 14.5. The number of pyridine rings is 1. The molecule has 136 valence electrons. The van der Waals surface area contributed by atoms with Crippen molar-refractivity contribution >= 4 is 29.2 Å². The number of rotatable bonds is 6. The van der Waals surface area contributed by atoms with E-state index in [0.717, 1.165) is 11.1 Å². The molecule has 27 heavy (non-hydrogen) atoms. The SMILES string of the molecule is Nc1ccccc1NC(=O)/C=C\c1ccc(NCc2ccc(F)cc2)nc1. The van der Waals surface area contributed by atoms with Crippen molar-refractivity contribution in [3.63, 3.8) is 0 Å². The maximum atomic E-state index is 12.9. The van der Waals surface area contributed by atoms with Gasteiger partial charge >= 0.3 is 0 Å². The van der Waals surface area contributed by atoms with Crippen molar-refractivity contribution in [2.24, 2.45) is 0 Å². The van der Waals surface area contributed by atoms with E-state index >= 15 is 0 Å². The Balaban J connectivity index is 1.53. The second kappa shape index (κ2) is 8.62. The molecule has 0 aliphatic heterocycles. The first-order valence-electron chi connectivity index (χ1n) is 8.38. The maximum Gasteiger partial charge on any atom is 0.248 e. The van der Waals surface area contributed by atoms with Crippen molar-refractivity contribution in [1.29, 1.82) is 0 Å². The lowest BCUT2D eigenvalue weighted by molar-refractivity contribution is -0.111. The van der Waals surface area contributed by atoms with Gasteiger partial charge in [0.1, 0.15) is 11.6 Å². The fourth-order valence-corrected chi connectivity index (χ4v) is 2.36. The lowest BCUT2D eigenvalue weighted by atomic mass is 10.2. The van der Waals surface area contributed by atoms with Crippen molar-refractivity contribution in [1.82, 2.24) is 4.98 Å². The fraction of sp³-hybridized carbons (Fsp3) is 0.0476. The van der Waals surface area contributed by atoms with Gasteiger partial charge in [-0.3, -0.25) is 4.79 Å². The number of aromatic nitrogens is 1. The van der Waals surface area contributed by atoms with Gasteiger partial charge < -0.3 is 16.4 Å². The normalized spacial score (nSPS) is 10.7. The van der Waals surface area contributed by atoms with Crippen LogP contribution in [-0.2, 0) is 11.3 Å². The zero-order valence-electron chi connectivity index (χ0n) is 14.5. The number of carbonyl (C=O) groups is 1. The summed E-state index contributed by atoms with van der Waals surface area (Å²) in [4.78, 5) is 16.3. The van der Waals surface area contributed by atoms with Crippen LogP contribution >= 0.6 is 0 Å². The highest BCUT2D eigenvalue weighted by Gasteiger charge is 2.01. The summed E-state index contributed by atoms with van der Waals surface area (Å²) in [7, 11) is 0. The molecule has 0 spiro atoms. The number of anilines is 3. The van der Waals surface area contributed by atoms with Crippen molar-refractivity contribution < 1.29 is 9.18 Å². The molecule has 0 saturated heterocycles. The topological polar surface area (TPSA) is 80.0 Å². The molecule has 4 N–H and O–H groups in total. The quantitative estimate of drug-likeness (QED) is 0.456. The average Bonchev–Trinajstić information content (AvgIpc) is 2.68. The second-order valence-corrected chi connectivity index (χ2v) is 5.87. The molecule has 0 fully saturated rings. The molecule has 3 rings (SSSR count). The molecule has 0 unspecified atom stereocenters. The van der Waals surface area contributed by atoms with Gasteiger partial charge in [0.25, 0.3) is 0 Å². The van der Waals surface area contributed by atoms with Gasteiger partial charge in [0.15, 0.2) is 0 Å². The third kappa shape index (κ3) is 5.40. The zero-order chi connectivity index (χ0) is 19.1. The van der Waals surface area contributed by atoms with E-state index < -0.39 is 0 Å². The minimum atomic E-state index is -0.272. The predicted octanol–water partition coefficient (Wildman–Crippen LogP) is 4.07. The predicted molar refractivity (Wildman–Crippen MR) is 106 cm³/mol. The number of nitrogen functional groups attached to an aromatic ring is 1. The highest BCUT2D eigenvalue weighted by atomic mass is 19.1. The van der Waals surface area contributed by atoms with Crippen LogP contribution in [-0.4, -0.2) is 10.9 Å². The highest BCUT2D eigenvalue weighted by molar-refractivity contribution is 6.03. The number of hydrogen-bond acceptors (Lipinski definition) is 4. The summed E-state index contributed by atoms with van der Waals surface area (Å²) in [5.41, 5.74) is 8.63. The Labute approximate surface area is 156 Å². The Bertz CT molecular complexity index is 937. The van der Waals surface area contributed by atoms with Crippen LogP contribution in [0.25, 0.3) is 6.08 Å². The molecule has 3 aromatic rings. The number of benzene rings is 2. The van der Waals surface area contributed by atoms with Crippen LogP contribution in [0.4, 0.5) is 21.6 Å². The van der Waals surface area contributed by atoms with E-state index in [-0.39, 0.29) is 11.7 Å². The largest absolute Gasteiger partial charge is 0.397 e. The number of amides is 1. The molecule has 0 bridgehead atoms. The van der Waals surface area contributed by atoms with Gasteiger partial charge in [-0.05, 0) is 53.6 Å². The number of nitrogens with one attached hydrogen (secondary N) is 2. The third-order valence-electron chi connectivity index (χ3n) is 3.82. The van der Waals surface area contributed by atoms with Gasteiger partial charge in [0, 0.05) is 18.8 Å². The Morgan fingerprint density at radius 1 is 1.07 bits per heavy atom. The molecule has 0 atom stereocenters. The molecule has 1 amide bonds. The Hall–Kier alpha value is -3.67. The molecule has 5 nitrogen and oxygen atoms in total. The summed E-state index contributed by atoms with van der Waals surface area (Å²) < 4.78 is 12.9. The average molecular weight is 362 g/mol. The molecule has 1 heterocycles. The standard InChI is InChI=1S/C21H19FN4O/c22-17-9-5-15(6-10-17)13-24-20-11-7-16(14-25-20)8-12-21(27)26-19-4-2-1-3-18(19)23/h1-12,14H,13,23H2,(H,24,25)(H,26,27)/b12-8-. The monoisotopic (exact) mass is 362 g/mol. The smallest absolute Gasteiger partial charge is 0.248 e. The minimum Gasteiger partial charge on any atom is -0.397 e. The Morgan fingerprint density at radius 2 is 1.85 bits per heavy atom. The summed E-state index contributed by atoms with van der Waals surface area (Å²) >= 11 is 0. The molecular weight excluding hydrogens is 343 g/mol. The van der Waals surface area contributed by atoms with E-state index in [1.165, 1.54) is 18.2 Å². The van der Waals surface area contributed by atoms with E-state index in [0.29, 0.717) is 23.7 Å². The van der Waals surface area contributed by atoms with Gasteiger partial charge in [-0.15, -0.1) is 0 Å². The number of hydrogen-bond donors (Lipinski definition) is 3.